The SMILES string of the molecule is CCc1c(N2CCN(C(=O)c3ncnc(C)c3O)CC2)c(=O)n2nc(-c3cnc4sccc4c3)nc2n1CC(N)=O. The average Bonchev–Trinajstić information content (AvgIpc) is 3.63. The van der Waals surface area contributed by atoms with Crippen molar-refractivity contribution in [1.82, 2.24) is 39.0 Å². The van der Waals surface area contributed by atoms with Crippen LogP contribution in [0.25, 0.3) is 27.4 Å². The number of carbonyl (C=O) groups is 2. The van der Waals surface area contributed by atoms with Gasteiger partial charge >= 0.3 is 0 Å². The lowest BCUT2D eigenvalue weighted by Gasteiger charge is -2.36. The van der Waals surface area contributed by atoms with Gasteiger partial charge in [-0.2, -0.15) is 9.50 Å². The molecule has 1 aliphatic rings. The summed E-state index contributed by atoms with van der Waals surface area (Å²) in [6.07, 6.45) is 3.32. The third kappa shape index (κ3) is 4.53. The van der Waals surface area contributed by atoms with Gasteiger partial charge in [0.1, 0.15) is 23.4 Å². The molecule has 0 bridgehead atoms. The summed E-state index contributed by atoms with van der Waals surface area (Å²) in [5.41, 5.74) is 7.09. The Labute approximate surface area is 236 Å². The Morgan fingerprint density at radius 3 is 2.66 bits per heavy atom. The molecule has 6 heterocycles. The van der Waals surface area contributed by atoms with Gasteiger partial charge in [-0.3, -0.25) is 14.4 Å². The van der Waals surface area contributed by atoms with E-state index in [0.29, 0.717) is 48.0 Å². The van der Waals surface area contributed by atoms with E-state index < -0.39 is 11.8 Å². The van der Waals surface area contributed by atoms with Crippen LogP contribution >= 0.6 is 11.3 Å². The summed E-state index contributed by atoms with van der Waals surface area (Å²) < 4.78 is 2.83. The number of primary amides is 1. The molecule has 1 fully saturated rings. The molecule has 210 valence electrons. The minimum absolute atomic E-state index is 0.0595. The minimum Gasteiger partial charge on any atom is -0.504 e. The second kappa shape index (κ2) is 10.2. The van der Waals surface area contributed by atoms with Crippen LogP contribution in [0.2, 0.25) is 0 Å². The second-order valence-corrected chi connectivity index (χ2v) is 10.5. The zero-order valence-corrected chi connectivity index (χ0v) is 23.1. The highest BCUT2D eigenvalue weighted by Crippen LogP contribution is 2.26. The number of anilines is 1. The van der Waals surface area contributed by atoms with Crippen LogP contribution in [-0.4, -0.2) is 82.1 Å². The monoisotopic (exact) mass is 574 g/mol. The minimum atomic E-state index is -0.586. The molecule has 41 heavy (non-hydrogen) atoms. The Kier molecular flexibility index (Phi) is 6.57. The number of aromatic hydroxyl groups is 1. The fraction of sp³-hybridized carbons (Fsp3) is 0.308. The van der Waals surface area contributed by atoms with Crippen molar-refractivity contribution in [1.29, 1.82) is 0 Å². The van der Waals surface area contributed by atoms with Crippen LogP contribution in [0.3, 0.4) is 0 Å². The third-order valence-electron chi connectivity index (χ3n) is 7.13. The standard InChI is InChI=1S/C26H26N10O4S/c1-3-17-20(33-5-7-34(8-6-33)24(39)19-21(38)14(2)29-13-30-19)25(40)36-26(35(17)12-18(27)37)31-22(32-36)16-10-15-4-9-41-23(15)28-11-16/h4,9-11,13,38H,3,5-8,12H2,1-2H3,(H2,27,37). The molecule has 0 radical (unpaired) electrons. The number of thiophene rings is 1. The highest BCUT2D eigenvalue weighted by molar-refractivity contribution is 7.16. The molecule has 0 aromatic carbocycles. The summed E-state index contributed by atoms with van der Waals surface area (Å²) in [6, 6.07) is 3.86. The van der Waals surface area contributed by atoms with Crippen LogP contribution in [0.15, 0.2) is 34.8 Å². The van der Waals surface area contributed by atoms with Crippen LogP contribution < -0.4 is 16.2 Å². The van der Waals surface area contributed by atoms with Crippen molar-refractivity contribution in [3.8, 4) is 17.1 Å². The number of piperazine rings is 1. The van der Waals surface area contributed by atoms with Gasteiger partial charge in [-0.05, 0) is 30.9 Å². The van der Waals surface area contributed by atoms with E-state index in [1.54, 1.807) is 22.6 Å². The van der Waals surface area contributed by atoms with Gasteiger partial charge in [0, 0.05) is 43.3 Å². The third-order valence-corrected chi connectivity index (χ3v) is 7.97. The number of fused-ring (bicyclic) bond motifs is 2. The normalized spacial score (nSPS) is 13.8. The van der Waals surface area contributed by atoms with E-state index in [9.17, 15) is 19.5 Å². The predicted molar refractivity (Wildman–Crippen MR) is 151 cm³/mol. The molecule has 15 heteroatoms. The number of hydrogen-bond acceptors (Lipinski definition) is 11. The van der Waals surface area contributed by atoms with Crippen LogP contribution in [0.1, 0.15) is 28.8 Å². The van der Waals surface area contributed by atoms with E-state index in [0.717, 1.165) is 10.2 Å². The van der Waals surface area contributed by atoms with E-state index in [4.69, 9.17) is 5.73 Å². The van der Waals surface area contributed by atoms with E-state index >= 15 is 0 Å². The molecule has 5 aromatic heterocycles. The fourth-order valence-corrected chi connectivity index (χ4v) is 5.82. The number of aromatic nitrogens is 7. The number of aryl methyl sites for hydroxylation is 1. The summed E-state index contributed by atoms with van der Waals surface area (Å²) in [4.78, 5) is 60.4. The molecule has 0 saturated carbocycles. The molecule has 6 rings (SSSR count). The van der Waals surface area contributed by atoms with Gasteiger partial charge in [0.15, 0.2) is 17.3 Å². The van der Waals surface area contributed by atoms with E-state index in [-0.39, 0.29) is 42.4 Å². The van der Waals surface area contributed by atoms with Gasteiger partial charge in [-0.1, -0.05) is 6.92 Å². The number of nitrogens with two attached hydrogens (primary N) is 1. The molecule has 5 aromatic rings. The van der Waals surface area contributed by atoms with Crippen LogP contribution in [0.5, 0.6) is 5.75 Å². The van der Waals surface area contributed by atoms with Gasteiger partial charge in [0.25, 0.3) is 11.5 Å². The lowest BCUT2D eigenvalue weighted by molar-refractivity contribution is -0.118. The first-order valence-electron chi connectivity index (χ1n) is 13.0. The van der Waals surface area contributed by atoms with Crippen molar-refractivity contribution in [3.05, 3.63) is 57.5 Å². The number of pyridine rings is 1. The van der Waals surface area contributed by atoms with Crippen molar-refractivity contribution in [2.75, 3.05) is 31.1 Å². The Balaban J connectivity index is 1.38. The van der Waals surface area contributed by atoms with Crippen molar-refractivity contribution < 1.29 is 14.7 Å². The van der Waals surface area contributed by atoms with Gasteiger partial charge in [-0.25, -0.2) is 15.0 Å². The first-order valence-corrected chi connectivity index (χ1v) is 13.8. The lowest BCUT2D eigenvalue weighted by Crippen LogP contribution is -2.51. The van der Waals surface area contributed by atoms with Crippen LogP contribution in [0.4, 0.5) is 5.69 Å². The van der Waals surface area contributed by atoms with Gasteiger partial charge in [0.05, 0.1) is 11.4 Å². The maximum absolute atomic E-state index is 13.9. The molecule has 0 spiro atoms. The van der Waals surface area contributed by atoms with E-state index in [2.05, 4.69) is 25.0 Å². The topological polar surface area (TPSA) is 178 Å². The van der Waals surface area contributed by atoms with Gasteiger partial charge in [-0.15, -0.1) is 16.4 Å². The quantitative estimate of drug-likeness (QED) is 0.297. The molecule has 2 amide bonds. The first kappa shape index (κ1) is 26.3. The fourth-order valence-electron chi connectivity index (χ4n) is 5.09. The molecule has 1 saturated heterocycles. The summed E-state index contributed by atoms with van der Waals surface area (Å²) in [6.45, 7) is 4.53. The number of amides is 2. The molecule has 14 nitrogen and oxygen atoms in total. The number of carbonyl (C=O) groups excluding carboxylic acids is 2. The summed E-state index contributed by atoms with van der Waals surface area (Å²) in [5.74, 6) is -0.739. The molecule has 0 atom stereocenters. The average molecular weight is 575 g/mol. The van der Waals surface area contributed by atoms with E-state index in [1.807, 2.05) is 29.3 Å². The second-order valence-electron chi connectivity index (χ2n) is 9.63. The molecular weight excluding hydrogens is 548 g/mol. The zero-order valence-electron chi connectivity index (χ0n) is 22.3. The van der Waals surface area contributed by atoms with Crippen LogP contribution in [0, 0.1) is 6.92 Å². The molecular formula is C26H26N10O4S. The lowest BCUT2D eigenvalue weighted by atomic mass is 10.2. The number of rotatable bonds is 6. The van der Waals surface area contributed by atoms with Crippen molar-refractivity contribution in [2.24, 2.45) is 5.73 Å². The Morgan fingerprint density at radius 1 is 1.15 bits per heavy atom. The summed E-state index contributed by atoms with van der Waals surface area (Å²) in [5, 5.41) is 17.7. The van der Waals surface area contributed by atoms with Crippen molar-refractivity contribution in [3.63, 3.8) is 0 Å². The van der Waals surface area contributed by atoms with Gasteiger partial charge in [0.2, 0.25) is 11.7 Å². The van der Waals surface area contributed by atoms with Crippen molar-refractivity contribution >= 4 is 44.8 Å². The maximum atomic E-state index is 13.9. The van der Waals surface area contributed by atoms with Crippen molar-refractivity contribution in [2.45, 2.75) is 26.8 Å². The molecule has 1 aliphatic heterocycles. The summed E-state index contributed by atoms with van der Waals surface area (Å²) in [7, 11) is 0. The predicted octanol–water partition coefficient (Wildman–Crippen LogP) is 0.982. The van der Waals surface area contributed by atoms with Crippen LogP contribution in [-0.2, 0) is 17.8 Å². The zero-order chi connectivity index (χ0) is 28.8. The number of hydrogen-bond donors (Lipinski definition) is 2. The summed E-state index contributed by atoms with van der Waals surface area (Å²) >= 11 is 1.52. The smallest absolute Gasteiger partial charge is 0.299 e. The number of nitrogens with zero attached hydrogens (tertiary/aromatic N) is 9. The molecule has 3 N–H and O–H groups in total. The molecule has 0 unspecified atom stereocenters. The van der Waals surface area contributed by atoms with Gasteiger partial charge < -0.3 is 25.2 Å². The Morgan fingerprint density at radius 2 is 1.93 bits per heavy atom. The first-order chi connectivity index (χ1) is 19.8. The largest absolute Gasteiger partial charge is 0.504 e. The van der Waals surface area contributed by atoms with E-state index in [1.165, 1.54) is 22.2 Å². The maximum Gasteiger partial charge on any atom is 0.299 e. The Bertz CT molecular complexity index is 1890. The molecule has 0 aliphatic carbocycles. The highest BCUT2D eigenvalue weighted by atomic mass is 32.1. The Hall–Kier alpha value is -4.92. The highest BCUT2D eigenvalue weighted by Gasteiger charge is 2.30.